The molecular formula is C14H18N2O3S. The standard InChI is InChI=1S/C14H18N2O3S/c1-9(2)12(14(17)18-3)15-7-10-8-20-13(16-10)11-5-4-6-19-11/h4-6,8-9,12,15H,7H2,1-3H3. The Balaban J connectivity index is 1.98. The van der Waals surface area contributed by atoms with Crippen LogP contribution in [0.15, 0.2) is 28.2 Å². The maximum atomic E-state index is 11.6. The number of hydrogen-bond donors (Lipinski definition) is 1. The second kappa shape index (κ2) is 6.67. The number of esters is 1. The second-order valence-corrected chi connectivity index (χ2v) is 5.61. The molecule has 0 amide bonds. The molecule has 1 atom stereocenters. The summed E-state index contributed by atoms with van der Waals surface area (Å²) in [6, 6.07) is 3.39. The first-order valence-corrected chi connectivity index (χ1v) is 7.29. The van der Waals surface area contributed by atoms with Crippen LogP contribution >= 0.6 is 11.3 Å². The van der Waals surface area contributed by atoms with Crippen LogP contribution in [0.2, 0.25) is 0 Å². The van der Waals surface area contributed by atoms with E-state index in [1.165, 1.54) is 18.4 Å². The zero-order valence-corrected chi connectivity index (χ0v) is 12.6. The highest BCUT2D eigenvalue weighted by Crippen LogP contribution is 2.23. The normalized spacial score (nSPS) is 12.6. The van der Waals surface area contributed by atoms with Gasteiger partial charge < -0.3 is 9.15 Å². The van der Waals surface area contributed by atoms with Gasteiger partial charge in [0.25, 0.3) is 0 Å². The van der Waals surface area contributed by atoms with Gasteiger partial charge in [-0.2, -0.15) is 0 Å². The quantitative estimate of drug-likeness (QED) is 0.830. The average Bonchev–Trinajstić information content (AvgIpc) is 3.08. The Hall–Kier alpha value is -1.66. The summed E-state index contributed by atoms with van der Waals surface area (Å²) in [5.41, 5.74) is 0.885. The van der Waals surface area contributed by atoms with Crippen molar-refractivity contribution in [3.63, 3.8) is 0 Å². The Kier molecular flexibility index (Phi) is 4.92. The van der Waals surface area contributed by atoms with Crippen LogP contribution in [0.4, 0.5) is 0 Å². The molecule has 2 heterocycles. The van der Waals surface area contributed by atoms with Crippen molar-refractivity contribution in [1.82, 2.24) is 10.3 Å². The molecule has 2 aromatic heterocycles. The number of nitrogens with one attached hydrogen (secondary N) is 1. The molecular weight excluding hydrogens is 276 g/mol. The lowest BCUT2D eigenvalue weighted by atomic mass is 10.0. The number of ether oxygens (including phenoxy) is 1. The van der Waals surface area contributed by atoms with E-state index in [1.807, 2.05) is 31.4 Å². The molecule has 108 valence electrons. The van der Waals surface area contributed by atoms with Crippen molar-refractivity contribution < 1.29 is 13.9 Å². The van der Waals surface area contributed by atoms with Crippen molar-refractivity contribution in [2.75, 3.05) is 7.11 Å². The number of aromatic nitrogens is 1. The fourth-order valence-electron chi connectivity index (χ4n) is 1.83. The smallest absolute Gasteiger partial charge is 0.323 e. The van der Waals surface area contributed by atoms with Gasteiger partial charge in [0, 0.05) is 11.9 Å². The summed E-state index contributed by atoms with van der Waals surface area (Å²) in [6.45, 7) is 4.48. The second-order valence-electron chi connectivity index (χ2n) is 4.75. The zero-order valence-electron chi connectivity index (χ0n) is 11.8. The van der Waals surface area contributed by atoms with Gasteiger partial charge in [0.15, 0.2) is 10.8 Å². The highest BCUT2D eigenvalue weighted by molar-refractivity contribution is 7.13. The molecule has 0 spiro atoms. The SMILES string of the molecule is COC(=O)C(NCc1csc(-c2ccco2)n1)C(C)C. The number of hydrogen-bond acceptors (Lipinski definition) is 6. The lowest BCUT2D eigenvalue weighted by Gasteiger charge is -2.19. The number of rotatable bonds is 6. The molecule has 1 unspecified atom stereocenters. The van der Waals surface area contributed by atoms with Gasteiger partial charge in [-0.05, 0) is 18.1 Å². The fourth-order valence-corrected chi connectivity index (χ4v) is 2.62. The van der Waals surface area contributed by atoms with Crippen LogP contribution in [0.25, 0.3) is 10.8 Å². The van der Waals surface area contributed by atoms with Gasteiger partial charge in [-0.1, -0.05) is 13.8 Å². The molecule has 0 bridgehead atoms. The predicted octanol–water partition coefficient (Wildman–Crippen LogP) is 2.69. The zero-order chi connectivity index (χ0) is 14.5. The molecule has 0 radical (unpaired) electrons. The van der Waals surface area contributed by atoms with Gasteiger partial charge in [0.2, 0.25) is 0 Å². The Morgan fingerprint density at radius 1 is 1.55 bits per heavy atom. The molecule has 6 heteroatoms. The highest BCUT2D eigenvalue weighted by atomic mass is 32.1. The van der Waals surface area contributed by atoms with Gasteiger partial charge >= 0.3 is 5.97 Å². The third-order valence-corrected chi connectivity index (χ3v) is 3.81. The number of furan rings is 1. The topological polar surface area (TPSA) is 64.4 Å². The van der Waals surface area contributed by atoms with E-state index < -0.39 is 0 Å². The summed E-state index contributed by atoms with van der Waals surface area (Å²) in [5.74, 6) is 0.668. The molecule has 0 fully saturated rings. The fraction of sp³-hybridized carbons (Fsp3) is 0.429. The Labute approximate surface area is 122 Å². The average molecular weight is 294 g/mol. The minimum atomic E-state index is -0.325. The van der Waals surface area contributed by atoms with Crippen LogP contribution in [-0.4, -0.2) is 24.1 Å². The van der Waals surface area contributed by atoms with Crippen LogP contribution in [0, 0.1) is 5.92 Å². The predicted molar refractivity (Wildman–Crippen MR) is 77.3 cm³/mol. The van der Waals surface area contributed by atoms with Gasteiger partial charge in [-0.25, -0.2) is 4.98 Å². The van der Waals surface area contributed by atoms with E-state index in [9.17, 15) is 4.79 Å². The molecule has 0 aliphatic rings. The molecule has 5 nitrogen and oxygen atoms in total. The molecule has 0 aliphatic heterocycles. The van der Waals surface area contributed by atoms with Crippen molar-refractivity contribution in [2.45, 2.75) is 26.4 Å². The maximum absolute atomic E-state index is 11.6. The maximum Gasteiger partial charge on any atom is 0.323 e. The van der Waals surface area contributed by atoms with E-state index in [4.69, 9.17) is 9.15 Å². The Morgan fingerprint density at radius 3 is 2.95 bits per heavy atom. The summed E-state index contributed by atoms with van der Waals surface area (Å²) in [4.78, 5) is 16.1. The van der Waals surface area contributed by atoms with Gasteiger partial charge in [0.05, 0.1) is 19.1 Å². The van der Waals surface area contributed by atoms with E-state index in [2.05, 4.69) is 10.3 Å². The largest absolute Gasteiger partial charge is 0.468 e. The molecule has 2 aromatic rings. The number of carbonyl (C=O) groups excluding carboxylic acids is 1. The summed E-state index contributed by atoms with van der Waals surface area (Å²) in [7, 11) is 1.40. The lowest BCUT2D eigenvalue weighted by molar-refractivity contribution is -0.144. The number of carbonyl (C=O) groups is 1. The molecule has 2 rings (SSSR count). The van der Waals surface area contributed by atoms with Crippen LogP contribution in [0.5, 0.6) is 0 Å². The molecule has 20 heavy (non-hydrogen) atoms. The number of thiazole rings is 1. The van der Waals surface area contributed by atoms with Crippen molar-refractivity contribution in [2.24, 2.45) is 5.92 Å². The summed E-state index contributed by atoms with van der Waals surface area (Å²) in [5, 5.41) is 5.98. The van der Waals surface area contributed by atoms with Crippen LogP contribution in [0.3, 0.4) is 0 Å². The van der Waals surface area contributed by atoms with E-state index in [-0.39, 0.29) is 17.9 Å². The molecule has 0 saturated heterocycles. The van der Waals surface area contributed by atoms with E-state index >= 15 is 0 Å². The first-order chi connectivity index (χ1) is 9.61. The minimum absolute atomic E-state index is 0.158. The van der Waals surface area contributed by atoms with Crippen molar-refractivity contribution in [3.8, 4) is 10.8 Å². The third-order valence-electron chi connectivity index (χ3n) is 2.91. The van der Waals surface area contributed by atoms with Crippen molar-refractivity contribution >= 4 is 17.3 Å². The van der Waals surface area contributed by atoms with Crippen LogP contribution in [0.1, 0.15) is 19.5 Å². The molecule has 0 aromatic carbocycles. The van der Waals surface area contributed by atoms with E-state index in [1.54, 1.807) is 6.26 Å². The van der Waals surface area contributed by atoms with Gasteiger partial charge in [-0.15, -0.1) is 11.3 Å². The minimum Gasteiger partial charge on any atom is -0.468 e. The lowest BCUT2D eigenvalue weighted by Crippen LogP contribution is -2.41. The first kappa shape index (κ1) is 14.7. The van der Waals surface area contributed by atoms with Crippen LogP contribution in [-0.2, 0) is 16.1 Å². The first-order valence-electron chi connectivity index (χ1n) is 6.41. The summed E-state index contributed by atoms with van der Waals surface area (Å²) < 4.78 is 10.1. The summed E-state index contributed by atoms with van der Waals surface area (Å²) >= 11 is 1.52. The van der Waals surface area contributed by atoms with Crippen molar-refractivity contribution in [3.05, 3.63) is 29.5 Å². The van der Waals surface area contributed by atoms with E-state index in [0.29, 0.717) is 6.54 Å². The number of nitrogens with zero attached hydrogens (tertiary/aromatic N) is 1. The van der Waals surface area contributed by atoms with Gasteiger partial charge in [0.1, 0.15) is 6.04 Å². The summed E-state index contributed by atoms with van der Waals surface area (Å²) in [6.07, 6.45) is 1.63. The molecule has 0 aliphatic carbocycles. The third kappa shape index (κ3) is 3.46. The monoisotopic (exact) mass is 294 g/mol. The van der Waals surface area contributed by atoms with Crippen LogP contribution < -0.4 is 5.32 Å². The van der Waals surface area contributed by atoms with Crippen molar-refractivity contribution in [1.29, 1.82) is 0 Å². The Morgan fingerprint density at radius 2 is 2.35 bits per heavy atom. The number of methoxy groups -OCH3 is 1. The van der Waals surface area contributed by atoms with E-state index in [0.717, 1.165) is 16.5 Å². The molecule has 1 N–H and O–H groups in total. The Bertz CT molecular complexity index is 549. The van der Waals surface area contributed by atoms with Gasteiger partial charge in [-0.3, -0.25) is 10.1 Å². The molecule has 0 saturated carbocycles. The highest BCUT2D eigenvalue weighted by Gasteiger charge is 2.22.